The lowest BCUT2D eigenvalue weighted by molar-refractivity contribution is 0.585. The summed E-state index contributed by atoms with van der Waals surface area (Å²) in [6.07, 6.45) is 6.03. The Bertz CT molecular complexity index is 749. The van der Waals surface area contributed by atoms with Gasteiger partial charge in [-0.2, -0.15) is 0 Å². The SMILES string of the molecule is Cl.Cl.Clc1ccc(CCNCCCn2ccnc2-c2ccccc2)cc1.O. The molecule has 0 saturated carbocycles. The first-order chi connectivity index (χ1) is 11.8. The van der Waals surface area contributed by atoms with Crippen molar-refractivity contribution in [1.29, 1.82) is 0 Å². The number of benzene rings is 2. The maximum Gasteiger partial charge on any atom is 0.139 e. The van der Waals surface area contributed by atoms with Gasteiger partial charge in [0.1, 0.15) is 5.82 Å². The van der Waals surface area contributed by atoms with Gasteiger partial charge in [0.05, 0.1) is 0 Å². The van der Waals surface area contributed by atoms with Crippen molar-refractivity contribution in [3.63, 3.8) is 0 Å². The molecule has 1 heterocycles. The van der Waals surface area contributed by atoms with Crippen LogP contribution in [0, 0.1) is 0 Å². The van der Waals surface area contributed by atoms with E-state index in [9.17, 15) is 0 Å². The largest absolute Gasteiger partial charge is 0.412 e. The van der Waals surface area contributed by atoms with Gasteiger partial charge in [-0.05, 0) is 43.6 Å². The molecule has 3 aromatic rings. The average molecular weight is 431 g/mol. The van der Waals surface area contributed by atoms with Gasteiger partial charge in [0.15, 0.2) is 0 Å². The first kappa shape index (κ1) is 25.4. The van der Waals surface area contributed by atoms with Crippen LogP contribution in [-0.4, -0.2) is 28.1 Å². The molecule has 0 unspecified atom stereocenters. The number of hydrogen-bond donors (Lipinski definition) is 1. The van der Waals surface area contributed by atoms with Crippen molar-refractivity contribution >= 4 is 36.4 Å². The smallest absolute Gasteiger partial charge is 0.139 e. The molecule has 2 aromatic carbocycles. The first-order valence-electron chi connectivity index (χ1n) is 8.34. The van der Waals surface area contributed by atoms with Crippen LogP contribution in [-0.2, 0) is 13.0 Å². The molecule has 0 radical (unpaired) electrons. The van der Waals surface area contributed by atoms with Gasteiger partial charge in [0.2, 0.25) is 0 Å². The van der Waals surface area contributed by atoms with E-state index in [2.05, 4.69) is 45.3 Å². The fourth-order valence-electron chi connectivity index (χ4n) is 2.72. The summed E-state index contributed by atoms with van der Waals surface area (Å²) in [4.78, 5) is 4.48. The fourth-order valence-corrected chi connectivity index (χ4v) is 2.85. The van der Waals surface area contributed by atoms with Crippen molar-refractivity contribution in [3.05, 3.63) is 77.6 Å². The van der Waals surface area contributed by atoms with Gasteiger partial charge in [-0.15, -0.1) is 24.8 Å². The summed E-state index contributed by atoms with van der Waals surface area (Å²) in [6, 6.07) is 18.4. The zero-order valence-corrected chi connectivity index (χ0v) is 17.4. The van der Waals surface area contributed by atoms with Crippen molar-refractivity contribution < 1.29 is 5.48 Å². The maximum atomic E-state index is 5.90. The Morgan fingerprint density at radius 2 is 1.63 bits per heavy atom. The second-order valence-electron chi connectivity index (χ2n) is 5.79. The van der Waals surface area contributed by atoms with Crippen LogP contribution in [0.5, 0.6) is 0 Å². The van der Waals surface area contributed by atoms with E-state index in [1.165, 1.54) is 5.56 Å². The highest BCUT2D eigenvalue weighted by molar-refractivity contribution is 6.30. The average Bonchev–Trinajstić information content (AvgIpc) is 3.09. The highest BCUT2D eigenvalue weighted by atomic mass is 35.5. The lowest BCUT2D eigenvalue weighted by Gasteiger charge is -2.09. The number of aryl methyl sites for hydroxylation is 1. The van der Waals surface area contributed by atoms with E-state index < -0.39 is 0 Å². The lowest BCUT2D eigenvalue weighted by atomic mass is 10.1. The molecular formula is C20H26Cl3N3O. The Hall–Kier alpha value is -1.56. The van der Waals surface area contributed by atoms with Gasteiger partial charge in [-0.25, -0.2) is 4.98 Å². The molecular weight excluding hydrogens is 405 g/mol. The molecule has 1 aromatic heterocycles. The molecule has 0 aliphatic rings. The number of nitrogens with zero attached hydrogens (tertiary/aromatic N) is 2. The quantitative estimate of drug-likeness (QED) is 0.537. The third-order valence-electron chi connectivity index (χ3n) is 4.00. The molecule has 7 heteroatoms. The first-order valence-corrected chi connectivity index (χ1v) is 8.72. The normalized spacial score (nSPS) is 9.67. The standard InChI is InChI=1S/C20H22ClN3.2ClH.H2O/c21-19-9-7-17(8-10-19)11-13-22-12-4-15-24-16-14-23-20(24)18-5-2-1-3-6-18;;;/h1-3,5-10,14,16,22H,4,11-13,15H2;2*1H;1H2. The minimum Gasteiger partial charge on any atom is -0.412 e. The van der Waals surface area contributed by atoms with Crippen molar-refractivity contribution in [2.75, 3.05) is 13.1 Å². The summed E-state index contributed by atoms with van der Waals surface area (Å²) in [5.41, 5.74) is 2.48. The van der Waals surface area contributed by atoms with E-state index in [0.29, 0.717) is 0 Å². The number of rotatable bonds is 8. The van der Waals surface area contributed by atoms with E-state index in [4.69, 9.17) is 11.6 Å². The summed E-state index contributed by atoms with van der Waals surface area (Å²) >= 11 is 5.90. The number of imidazole rings is 1. The van der Waals surface area contributed by atoms with Crippen LogP contribution in [0.1, 0.15) is 12.0 Å². The van der Waals surface area contributed by atoms with Crippen LogP contribution in [0.4, 0.5) is 0 Å². The third kappa shape index (κ3) is 7.91. The van der Waals surface area contributed by atoms with Gasteiger partial charge >= 0.3 is 0 Å². The van der Waals surface area contributed by atoms with E-state index in [1.807, 2.05) is 36.5 Å². The second-order valence-corrected chi connectivity index (χ2v) is 6.23. The molecule has 0 amide bonds. The molecule has 0 fully saturated rings. The molecule has 0 saturated heterocycles. The predicted octanol–water partition coefficient (Wildman–Crippen LogP) is 4.44. The number of halogens is 3. The molecule has 0 aliphatic carbocycles. The summed E-state index contributed by atoms with van der Waals surface area (Å²) in [6.45, 7) is 2.95. The minimum atomic E-state index is 0. The molecule has 4 nitrogen and oxygen atoms in total. The molecule has 0 aliphatic heterocycles. The second kappa shape index (κ2) is 13.6. The van der Waals surface area contributed by atoms with E-state index in [1.54, 1.807) is 0 Å². The van der Waals surface area contributed by atoms with E-state index >= 15 is 0 Å². The van der Waals surface area contributed by atoms with Crippen LogP contribution >= 0.6 is 36.4 Å². The predicted molar refractivity (Wildman–Crippen MR) is 118 cm³/mol. The van der Waals surface area contributed by atoms with E-state index in [-0.39, 0.29) is 30.3 Å². The molecule has 3 rings (SSSR count). The summed E-state index contributed by atoms with van der Waals surface area (Å²) < 4.78 is 2.22. The number of nitrogens with one attached hydrogen (secondary N) is 1. The Kier molecular flexibility index (Phi) is 12.8. The van der Waals surface area contributed by atoms with Crippen molar-refractivity contribution in [2.24, 2.45) is 0 Å². The fraction of sp³-hybridized carbons (Fsp3) is 0.250. The van der Waals surface area contributed by atoms with Crippen LogP contribution in [0.15, 0.2) is 67.0 Å². The molecule has 0 atom stereocenters. The third-order valence-corrected chi connectivity index (χ3v) is 4.26. The van der Waals surface area contributed by atoms with Gasteiger partial charge in [0.25, 0.3) is 0 Å². The minimum absolute atomic E-state index is 0. The van der Waals surface area contributed by atoms with Crippen molar-refractivity contribution in [3.8, 4) is 11.4 Å². The van der Waals surface area contributed by atoms with Crippen LogP contribution < -0.4 is 5.32 Å². The van der Waals surface area contributed by atoms with Crippen molar-refractivity contribution in [1.82, 2.24) is 14.9 Å². The van der Waals surface area contributed by atoms with Crippen LogP contribution in [0.2, 0.25) is 5.02 Å². The number of hydrogen-bond acceptors (Lipinski definition) is 2. The Labute approximate surface area is 178 Å². The van der Waals surface area contributed by atoms with E-state index in [0.717, 1.165) is 48.9 Å². The van der Waals surface area contributed by atoms with Crippen LogP contribution in [0.25, 0.3) is 11.4 Å². The van der Waals surface area contributed by atoms with Gasteiger partial charge in [-0.1, -0.05) is 54.1 Å². The van der Waals surface area contributed by atoms with Crippen molar-refractivity contribution in [2.45, 2.75) is 19.4 Å². The van der Waals surface area contributed by atoms with Gasteiger partial charge in [0, 0.05) is 29.5 Å². The van der Waals surface area contributed by atoms with Gasteiger partial charge < -0.3 is 15.4 Å². The molecule has 3 N–H and O–H groups in total. The Balaban J connectivity index is 0.00000225. The maximum absolute atomic E-state index is 5.90. The molecule has 0 spiro atoms. The molecule has 0 bridgehead atoms. The number of aromatic nitrogens is 2. The van der Waals surface area contributed by atoms with Gasteiger partial charge in [-0.3, -0.25) is 0 Å². The highest BCUT2D eigenvalue weighted by Crippen LogP contribution is 2.16. The Morgan fingerprint density at radius 3 is 2.33 bits per heavy atom. The Morgan fingerprint density at radius 1 is 0.926 bits per heavy atom. The topological polar surface area (TPSA) is 61.4 Å². The summed E-state index contributed by atoms with van der Waals surface area (Å²) in [5, 5.41) is 4.30. The lowest BCUT2D eigenvalue weighted by Crippen LogP contribution is -2.19. The summed E-state index contributed by atoms with van der Waals surface area (Å²) in [5.74, 6) is 1.04. The summed E-state index contributed by atoms with van der Waals surface area (Å²) in [7, 11) is 0. The monoisotopic (exact) mass is 429 g/mol. The molecule has 27 heavy (non-hydrogen) atoms. The van der Waals surface area contributed by atoms with Crippen LogP contribution in [0.3, 0.4) is 0 Å². The zero-order chi connectivity index (χ0) is 16.6. The highest BCUT2D eigenvalue weighted by Gasteiger charge is 2.04. The zero-order valence-electron chi connectivity index (χ0n) is 15.0. The molecule has 148 valence electrons.